The van der Waals surface area contributed by atoms with Crippen molar-refractivity contribution in [2.75, 3.05) is 10.8 Å². The number of amides is 1. The Morgan fingerprint density at radius 2 is 1.58 bits per heavy atom. The average molecular weight is 794 g/mol. The molecule has 0 spiro atoms. The largest absolute Gasteiger partial charge is 0.573 e. The summed E-state index contributed by atoms with van der Waals surface area (Å²) in [7, 11) is -9.64. The number of halogens is 9. The number of anilines is 1. The molecule has 4 N–H and O–H groups in total. The minimum Gasteiger partial charge on any atom is -0.406 e. The van der Waals surface area contributed by atoms with Gasteiger partial charge in [0.05, 0.1) is 16.7 Å². The molecule has 0 saturated carbocycles. The zero-order valence-electron chi connectivity index (χ0n) is 25.2. The van der Waals surface area contributed by atoms with E-state index in [1.807, 2.05) is 4.72 Å². The van der Waals surface area contributed by atoms with Gasteiger partial charge in [-0.3, -0.25) is 13.9 Å². The van der Waals surface area contributed by atoms with Crippen LogP contribution in [-0.2, 0) is 30.9 Å². The summed E-state index contributed by atoms with van der Waals surface area (Å²) in [5.41, 5.74) is -0.561. The summed E-state index contributed by atoms with van der Waals surface area (Å²) in [4.78, 5) is 33.3. The highest BCUT2D eigenvalue weighted by molar-refractivity contribution is 8.24. The molecule has 0 radical (unpaired) electrons. The third-order valence-electron chi connectivity index (χ3n) is 6.77. The second-order valence-electron chi connectivity index (χ2n) is 10.4. The van der Waals surface area contributed by atoms with E-state index < -0.39 is 97.5 Å². The van der Waals surface area contributed by atoms with Crippen LogP contribution in [0.15, 0.2) is 71.6 Å². The molecule has 1 aromatic heterocycles. The Bertz CT molecular complexity index is 2090. The molecule has 1 amide bonds. The molecule has 1 fully saturated rings. The van der Waals surface area contributed by atoms with Gasteiger partial charge in [-0.05, 0) is 63.8 Å². The Hall–Kier alpha value is -4.98. The fraction of sp³-hybridized carbons (Fsp3) is 0.222. The molecular formula is C27H20F9N5O9S2. The number of benzene rings is 3. The van der Waals surface area contributed by atoms with Gasteiger partial charge in [0.1, 0.15) is 34.8 Å². The Morgan fingerprint density at radius 1 is 0.942 bits per heavy atom. The molecular weight excluding hydrogens is 773 g/mol. The van der Waals surface area contributed by atoms with E-state index in [1.54, 1.807) is 0 Å². The summed E-state index contributed by atoms with van der Waals surface area (Å²) in [6.45, 7) is -0.512. The van der Waals surface area contributed by atoms with Crippen LogP contribution in [0, 0.1) is 0 Å². The molecule has 52 heavy (non-hydrogen) atoms. The van der Waals surface area contributed by atoms with Crippen LogP contribution < -0.4 is 18.5 Å². The summed E-state index contributed by atoms with van der Waals surface area (Å²) in [6.07, 6.45) is -17.4. The van der Waals surface area contributed by atoms with Gasteiger partial charge < -0.3 is 19.3 Å². The maximum absolute atomic E-state index is 14.0. The van der Waals surface area contributed by atoms with E-state index >= 15 is 0 Å². The summed E-state index contributed by atoms with van der Waals surface area (Å²) >= 11 is 0. The number of nitrogens with zero attached hydrogens (tertiary/aromatic N) is 3. The quantitative estimate of drug-likeness (QED) is 0.111. The maximum atomic E-state index is 14.0. The summed E-state index contributed by atoms with van der Waals surface area (Å²) < 4.78 is 177. The Kier molecular flexibility index (Phi) is 9.96. The van der Waals surface area contributed by atoms with Gasteiger partial charge >= 0.3 is 24.9 Å². The minimum atomic E-state index is -5.88. The zero-order valence-corrected chi connectivity index (χ0v) is 26.8. The van der Waals surface area contributed by atoms with Gasteiger partial charge in [-0.15, -0.1) is 26.3 Å². The first-order valence-electron chi connectivity index (χ1n) is 13.8. The van der Waals surface area contributed by atoms with Gasteiger partial charge in [-0.25, -0.2) is 27.2 Å². The standard InChI is InChI=1S/C27H20F9N5O9S2/c28-25(29,30)24(43)50-41(51(44,45)21-4-2-1-3-20(21)49-27(34,35)36)19(23-37-17-10-9-16(12-18(17)38-23)48-26(31,32)33)11-14-5-7-15(8-6-14)40-13-22(42)39-52(40,46)47/h1-10,12,19,46-47H,11,13H2,(H,37,38)(H,39,42). The van der Waals surface area contributed by atoms with Crippen LogP contribution in [0.2, 0.25) is 0 Å². The first kappa shape index (κ1) is 38.3. The van der Waals surface area contributed by atoms with E-state index in [9.17, 15) is 66.6 Å². The number of ether oxygens (including phenoxy) is 2. The van der Waals surface area contributed by atoms with Gasteiger partial charge in [0.25, 0.3) is 15.9 Å². The highest BCUT2D eigenvalue weighted by atomic mass is 32.3. The van der Waals surface area contributed by atoms with Crippen LogP contribution in [0.3, 0.4) is 0 Å². The average Bonchev–Trinajstić information content (AvgIpc) is 3.55. The number of fused-ring (bicyclic) bond motifs is 1. The van der Waals surface area contributed by atoms with Crippen molar-refractivity contribution >= 4 is 49.6 Å². The number of sulfonamides is 1. The minimum absolute atomic E-state index is 0.00536. The van der Waals surface area contributed by atoms with E-state index in [1.165, 1.54) is 12.1 Å². The number of carbonyl (C=O) groups is 2. The molecule has 0 aliphatic carbocycles. The van der Waals surface area contributed by atoms with Crippen molar-refractivity contribution in [2.24, 2.45) is 0 Å². The van der Waals surface area contributed by atoms with Crippen LogP contribution in [-0.4, -0.2) is 69.3 Å². The first-order valence-corrected chi connectivity index (χ1v) is 16.8. The highest BCUT2D eigenvalue weighted by Gasteiger charge is 2.48. The number of imidazole rings is 1. The van der Waals surface area contributed by atoms with Crippen molar-refractivity contribution in [3.05, 3.63) is 78.1 Å². The van der Waals surface area contributed by atoms with Crippen molar-refractivity contribution in [2.45, 2.75) is 36.3 Å². The number of para-hydroxylation sites is 1. The number of carbonyl (C=O) groups excluding carboxylic acids is 2. The molecule has 25 heteroatoms. The number of hydrogen-bond acceptors (Lipinski definition) is 11. The molecule has 14 nitrogen and oxygen atoms in total. The van der Waals surface area contributed by atoms with Gasteiger partial charge in [0.15, 0.2) is 0 Å². The van der Waals surface area contributed by atoms with Crippen LogP contribution in [0.5, 0.6) is 11.5 Å². The lowest BCUT2D eigenvalue weighted by Gasteiger charge is -2.36. The van der Waals surface area contributed by atoms with Crippen LogP contribution in [0.1, 0.15) is 17.4 Å². The van der Waals surface area contributed by atoms with Gasteiger partial charge in [0, 0.05) is 6.07 Å². The van der Waals surface area contributed by atoms with Crippen molar-refractivity contribution in [3.63, 3.8) is 0 Å². The van der Waals surface area contributed by atoms with E-state index in [0.29, 0.717) is 12.1 Å². The van der Waals surface area contributed by atoms with Crippen molar-refractivity contribution < 1.29 is 80.9 Å². The van der Waals surface area contributed by atoms with E-state index in [0.717, 1.165) is 46.8 Å². The lowest BCUT2D eigenvalue weighted by molar-refractivity contribution is -0.276. The van der Waals surface area contributed by atoms with Gasteiger partial charge in [-0.2, -0.15) is 13.2 Å². The summed E-state index contributed by atoms with van der Waals surface area (Å²) in [6, 6.07) is 7.66. The predicted molar refractivity (Wildman–Crippen MR) is 158 cm³/mol. The third-order valence-corrected chi connectivity index (χ3v) is 9.92. The van der Waals surface area contributed by atoms with Crippen LogP contribution in [0.25, 0.3) is 11.0 Å². The van der Waals surface area contributed by atoms with Gasteiger partial charge in [0.2, 0.25) is 0 Å². The highest BCUT2D eigenvalue weighted by Crippen LogP contribution is 2.46. The Labute approximate surface area is 286 Å². The predicted octanol–water partition coefficient (Wildman–Crippen LogP) is 5.87. The molecule has 1 saturated heterocycles. The number of alkyl halides is 9. The van der Waals surface area contributed by atoms with E-state index in [-0.39, 0.29) is 22.3 Å². The number of hydroxylamine groups is 1. The number of aromatic nitrogens is 2. The Balaban J connectivity index is 1.66. The normalized spacial score (nSPS) is 16.5. The second kappa shape index (κ2) is 13.5. The molecule has 0 bridgehead atoms. The molecule has 1 aliphatic heterocycles. The monoisotopic (exact) mass is 793 g/mol. The number of H-pyrrole nitrogens is 1. The zero-order chi connectivity index (χ0) is 38.4. The SMILES string of the molecule is O=C1CN(c2ccc(CC(c3nc4ccc(OC(F)(F)F)cc4[nH]3)N(OC(=O)C(F)(F)F)S(=O)(=O)c3ccccc3OC(F)(F)F)cc2)S(O)(O)N1. The van der Waals surface area contributed by atoms with Crippen molar-refractivity contribution in [1.82, 2.24) is 19.2 Å². The molecule has 2 heterocycles. The lowest BCUT2D eigenvalue weighted by atomic mass is 10.1. The van der Waals surface area contributed by atoms with Gasteiger partial charge in [-0.1, -0.05) is 24.3 Å². The number of hydrogen-bond donors (Lipinski definition) is 4. The molecule has 5 rings (SSSR count). The summed E-state index contributed by atoms with van der Waals surface area (Å²) in [5, 5.41) is 0. The number of rotatable bonds is 10. The third kappa shape index (κ3) is 8.72. The molecule has 1 atom stereocenters. The lowest BCUT2D eigenvalue weighted by Crippen LogP contribution is -2.42. The second-order valence-corrected chi connectivity index (χ2v) is 13.9. The fourth-order valence-corrected chi connectivity index (χ4v) is 7.41. The van der Waals surface area contributed by atoms with Crippen molar-refractivity contribution in [3.8, 4) is 11.5 Å². The maximum Gasteiger partial charge on any atom is 0.573 e. The molecule has 1 unspecified atom stereocenters. The number of nitrogens with one attached hydrogen (secondary N) is 2. The van der Waals surface area contributed by atoms with E-state index in [2.05, 4.69) is 24.3 Å². The van der Waals surface area contributed by atoms with E-state index in [4.69, 9.17) is 0 Å². The first-order chi connectivity index (χ1) is 23.9. The topological polar surface area (TPSA) is 184 Å². The Morgan fingerprint density at radius 3 is 2.15 bits per heavy atom. The molecule has 3 aromatic carbocycles. The molecule has 282 valence electrons. The summed E-state index contributed by atoms with van der Waals surface area (Å²) in [5.74, 6) is -6.87. The number of aromatic amines is 1. The van der Waals surface area contributed by atoms with Crippen LogP contribution in [0.4, 0.5) is 45.2 Å². The molecule has 4 aromatic rings. The fourth-order valence-electron chi connectivity index (χ4n) is 4.74. The molecule has 1 aliphatic rings. The smallest absolute Gasteiger partial charge is 0.406 e. The van der Waals surface area contributed by atoms with Crippen LogP contribution >= 0.6 is 11.0 Å². The van der Waals surface area contributed by atoms with Crippen molar-refractivity contribution in [1.29, 1.82) is 0 Å².